The summed E-state index contributed by atoms with van der Waals surface area (Å²) in [6.45, 7) is -0.570. The molecule has 1 aliphatic heterocycles. The lowest BCUT2D eigenvalue weighted by Gasteiger charge is -2.39. The van der Waals surface area contributed by atoms with E-state index in [9.17, 15) is 20.1 Å². The molecule has 2 aromatic rings. The summed E-state index contributed by atoms with van der Waals surface area (Å²) in [5.74, 6) is -0.589. The first kappa shape index (κ1) is 18.8. The summed E-state index contributed by atoms with van der Waals surface area (Å²) in [6.07, 6.45) is -3.92. The number of hydrogen-bond donors (Lipinski definition) is 5. The Labute approximate surface area is 150 Å². The standard InChI is InChI=1S/C18H23NO7/c20-9-13-15(22)16(23)17(24)18(25-13)26-14(21)7-3-4-10-8-19-12-6-2-1-5-11(10)12/h1-2,5-6,8,13,15-20,22-24H,3-4,7,9H2/t13?,15-,16?,17?,18+/m0/s1. The van der Waals surface area contributed by atoms with Crippen molar-refractivity contribution in [3.8, 4) is 0 Å². The van der Waals surface area contributed by atoms with Gasteiger partial charge in [-0.2, -0.15) is 0 Å². The minimum atomic E-state index is -1.58. The van der Waals surface area contributed by atoms with Crippen LogP contribution in [0.5, 0.6) is 0 Å². The van der Waals surface area contributed by atoms with Gasteiger partial charge in [0, 0.05) is 23.5 Å². The Kier molecular flexibility index (Phi) is 5.90. The average Bonchev–Trinajstić information content (AvgIpc) is 3.05. The van der Waals surface area contributed by atoms with Gasteiger partial charge >= 0.3 is 5.97 Å². The fourth-order valence-electron chi connectivity index (χ4n) is 3.11. The van der Waals surface area contributed by atoms with E-state index in [4.69, 9.17) is 14.6 Å². The Hall–Kier alpha value is -1.97. The lowest BCUT2D eigenvalue weighted by atomic mass is 9.99. The van der Waals surface area contributed by atoms with E-state index >= 15 is 0 Å². The van der Waals surface area contributed by atoms with Crippen LogP contribution in [-0.2, 0) is 20.7 Å². The van der Waals surface area contributed by atoms with Crippen molar-refractivity contribution in [3.05, 3.63) is 36.0 Å². The quantitative estimate of drug-likeness (QED) is 0.449. The minimum Gasteiger partial charge on any atom is -0.433 e. The van der Waals surface area contributed by atoms with Crippen LogP contribution in [0.1, 0.15) is 18.4 Å². The molecule has 5 N–H and O–H groups in total. The summed E-state index contributed by atoms with van der Waals surface area (Å²) in [7, 11) is 0. The van der Waals surface area contributed by atoms with Crippen LogP contribution >= 0.6 is 0 Å². The molecule has 1 fully saturated rings. The lowest BCUT2D eigenvalue weighted by molar-refractivity contribution is -0.292. The average molecular weight is 365 g/mol. The molecule has 8 nitrogen and oxygen atoms in total. The number of hydrogen-bond acceptors (Lipinski definition) is 7. The Morgan fingerprint density at radius 1 is 1.15 bits per heavy atom. The summed E-state index contributed by atoms with van der Waals surface area (Å²) >= 11 is 0. The molecule has 0 bridgehead atoms. The van der Waals surface area contributed by atoms with Crippen LogP contribution in [0.3, 0.4) is 0 Å². The maximum Gasteiger partial charge on any atom is 0.308 e. The molecule has 1 aromatic heterocycles. The molecule has 3 unspecified atom stereocenters. The van der Waals surface area contributed by atoms with Gasteiger partial charge in [0.05, 0.1) is 6.61 Å². The van der Waals surface area contributed by atoms with Gasteiger partial charge in [0.2, 0.25) is 6.29 Å². The number of carbonyl (C=O) groups is 1. The molecule has 3 rings (SSSR count). The molecule has 8 heteroatoms. The van der Waals surface area contributed by atoms with E-state index in [1.165, 1.54) is 0 Å². The van der Waals surface area contributed by atoms with E-state index in [-0.39, 0.29) is 6.42 Å². The largest absolute Gasteiger partial charge is 0.433 e. The highest BCUT2D eigenvalue weighted by molar-refractivity contribution is 5.83. The SMILES string of the molecule is O=C(CCCc1c[nH]c2ccccc12)O[C@H]1OC(CO)[C@H](O)C(O)C1O. The summed E-state index contributed by atoms with van der Waals surface area (Å²) in [5, 5.41) is 39.5. The summed E-state index contributed by atoms with van der Waals surface area (Å²) in [6, 6.07) is 7.88. The van der Waals surface area contributed by atoms with E-state index in [0.717, 1.165) is 16.5 Å². The first-order chi connectivity index (χ1) is 12.5. The minimum absolute atomic E-state index is 0.106. The zero-order chi connectivity index (χ0) is 18.7. The molecule has 0 spiro atoms. The number of aromatic nitrogens is 1. The van der Waals surface area contributed by atoms with Crippen molar-refractivity contribution in [2.45, 2.75) is 50.0 Å². The van der Waals surface area contributed by atoms with E-state index in [0.29, 0.717) is 12.8 Å². The second kappa shape index (κ2) is 8.15. The van der Waals surface area contributed by atoms with Crippen molar-refractivity contribution >= 4 is 16.9 Å². The highest BCUT2D eigenvalue weighted by Gasteiger charge is 2.45. The second-order valence-corrected chi connectivity index (χ2v) is 6.40. The van der Waals surface area contributed by atoms with Crippen LogP contribution < -0.4 is 0 Å². The molecular weight excluding hydrogens is 342 g/mol. The van der Waals surface area contributed by atoms with Crippen LogP contribution in [-0.4, -0.2) is 68.7 Å². The van der Waals surface area contributed by atoms with E-state index in [1.807, 2.05) is 30.5 Å². The number of aliphatic hydroxyl groups excluding tert-OH is 4. The molecule has 0 radical (unpaired) electrons. The molecule has 1 aromatic carbocycles. The number of carbonyl (C=O) groups excluding carboxylic acids is 1. The molecular formula is C18H23NO7. The number of benzene rings is 1. The van der Waals surface area contributed by atoms with Gasteiger partial charge in [-0.25, -0.2) is 0 Å². The molecule has 2 heterocycles. The number of rotatable bonds is 6. The van der Waals surface area contributed by atoms with Crippen LogP contribution in [0.15, 0.2) is 30.5 Å². The molecule has 142 valence electrons. The zero-order valence-electron chi connectivity index (χ0n) is 14.1. The topological polar surface area (TPSA) is 132 Å². The molecule has 1 aliphatic rings. The predicted molar refractivity (Wildman–Crippen MR) is 91.1 cm³/mol. The van der Waals surface area contributed by atoms with Gasteiger partial charge in [-0.05, 0) is 24.5 Å². The first-order valence-electron chi connectivity index (χ1n) is 8.56. The van der Waals surface area contributed by atoms with Gasteiger partial charge in [0.15, 0.2) is 0 Å². The maximum absolute atomic E-state index is 12.0. The van der Waals surface area contributed by atoms with Crippen LogP contribution in [0.4, 0.5) is 0 Å². The fourth-order valence-corrected chi connectivity index (χ4v) is 3.11. The number of aromatic amines is 1. The smallest absolute Gasteiger partial charge is 0.308 e. The van der Waals surface area contributed by atoms with Gasteiger partial charge < -0.3 is 34.9 Å². The summed E-state index contributed by atoms with van der Waals surface area (Å²) < 4.78 is 10.2. The molecule has 0 amide bonds. The third-order valence-corrected chi connectivity index (χ3v) is 4.60. The highest BCUT2D eigenvalue weighted by Crippen LogP contribution is 2.23. The van der Waals surface area contributed by atoms with Crippen molar-refractivity contribution < 1.29 is 34.7 Å². The molecule has 0 saturated carbocycles. The third-order valence-electron chi connectivity index (χ3n) is 4.60. The van der Waals surface area contributed by atoms with Crippen molar-refractivity contribution in [2.75, 3.05) is 6.61 Å². The second-order valence-electron chi connectivity index (χ2n) is 6.40. The molecule has 5 atom stereocenters. The Morgan fingerprint density at radius 2 is 1.92 bits per heavy atom. The van der Waals surface area contributed by atoms with Gasteiger partial charge in [-0.3, -0.25) is 4.79 Å². The van der Waals surface area contributed by atoms with Crippen LogP contribution in [0.25, 0.3) is 10.9 Å². The maximum atomic E-state index is 12.0. The van der Waals surface area contributed by atoms with Crippen molar-refractivity contribution in [1.82, 2.24) is 4.98 Å². The number of esters is 1. The number of H-pyrrole nitrogens is 1. The lowest BCUT2D eigenvalue weighted by Crippen LogP contribution is -2.59. The van der Waals surface area contributed by atoms with Gasteiger partial charge in [-0.1, -0.05) is 18.2 Å². The number of aliphatic hydroxyl groups is 4. The number of nitrogens with one attached hydrogen (secondary N) is 1. The Balaban J connectivity index is 1.51. The highest BCUT2D eigenvalue weighted by atomic mass is 16.7. The first-order valence-corrected chi connectivity index (χ1v) is 8.56. The number of para-hydroxylation sites is 1. The zero-order valence-corrected chi connectivity index (χ0v) is 14.1. The van der Waals surface area contributed by atoms with Crippen molar-refractivity contribution in [1.29, 1.82) is 0 Å². The molecule has 1 saturated heterocycles. The van der Waals surface area contributed by atoms with Crippen LogP contribution in [0.2, 0.25) is 0 Å². The monoisotopic (exact) mass is 365 g/mol. The molecule has 0 aliphatic carbocycles. The van der Waals surface area contributed by atoms with E-state index < -0.39 is 43.3 Å². The predicted octanol–water partition coefficient (Wildman–Crippen LogP) is -0.166. The summed E-state index contributed by atoms with van der Waals surface area (Å²) in [4.78, 5) is 15.2. The van der Waals surface area contributed by atoms with Crippen LogP contribution in [0, 0.1) is 0 Å². The summed E-state index contributed by atoms with van der Waals surface area (Å²) in [5.41, 5.74) is 2.13. The van der Waals surface area contributed by atoms with Crippen molar-refractivity contribution in [3.63, 3.8) is 0 Å². The van der Waals surface area contributed by atoms with Crippen molar-refractivity contribution in [2.24, 2.45) is 0 Å². The number of aryl methyl sites for hydroxylation is 1. The van der Waals surface area contributed by atoms with Gasteiger partial charge in [0.25, 0.3) is 0 Å². The molecule has 26 heavy (non-hydrogen) atoms. The number of fused-ring (bicyclic) bond motifs is 1. The van der Waals surface area contributed by atoms with E-state index in [2.05, 4.69) is 4.98 Å². The van der Waals surface area contributed by atoms with Gasteiger partial charge in [-0.15, -0.1) is 0 Å². The normalized spacial score (nSPS) is 29.0. The third kappa shape index (κ3) is 3.89. The fraction of sp³-hybridized carbons (Fsp3) is 0.500. The number of ether oxygens (including phenoxy) is 2. The van der Waals surface area contributed by atoms with E-state index in [1.54, 1.807) is 0 Å². The Bertz CT molecular complexity index is 744. The Morgan fingerprint density at radius 3 is 2.69 bits per heavy atom. The van der Waals surface area contributed by atoms with Gasteiger partial charge in [0.1, 0.15) is 24.4 Å².